The van der Waals surface area contributed by atoms with Crippen molar-refractivity contribution in [3.8, 4) is 0 Å². The first-order valence-corrected chi connectivity index (χ1v) is 8.79. The standard InChI is InChI=1S/C17H20N2O3S/c1-11-6-8-13(9-7-11)19-16(22)14(10-15(20)21)23-17(19)18-12-4-2-3-5-12/h6-9,12,14H,2-5,10H2,1H3,(H,20,21). The van der Waals surface area contributed by atoms with Crippen LogP contribution >= 0.6 is 11.8 Å². The van der Waals surface area contributed by atoms with Crippen molar-refractivity contribution in [3.05, 3.63) is 29.8 Å². The lowest BCUT2D eigenvalue weighted by Crippen LogP contribution is -2.33. The van der Waals surface area contributed by atoms with Crippen LogP contribution in [0.5, 0.6) is 0 Å². The minimum Gasteiger partial charge on any atom is -0.481 e. The van der Waals surface area contributed by atoms with Crippen molar-refractivity contribution < 1.29 is 14.7 Å². The van der Waals surface area contributed by atoms with Gasteiger partial charge in [-0.3, -0.25) is 19.5 Å². The van der Waals surface area contributed by atoms with E-state index >= 15 is 0 Å². The van der Waals surface area contributed by atoms with E-state index in [0.29, 0.717) is 5.17 Å². The van der Waals surface area contributed by atoms with Gasteiger partial charge in [-0.15, -0.1) is 0 Å². The van der Waals surface area contributed by atoms with Crippen LogP contribution in [0.25, 0.3) is 0 Å². The summed E-state index contributed by atoms with van der Waals surface area (Å²) in [6.45, 7) is 1.99. The number of nitrogens with zero attached hydrogens (tertiary/aromatic N) is 2. The molecule has 1 heterocycles. The van der Waals surface area contributed by atoms with E-state index in [4.69, 9.17) is 10.1 Å². The quantitative estimate of drug-likeness (QED) is 0.919. The largest absolute Gasteiger partial charge is 0.481 e. The van der Waals surface area contributed by atoms with E-state index in [9.17, 15) is 9.59 Å². The Morgan fingerprint density at radius 1 is 1.30 bits per heavy atom. The van der Waals surface area contributed by atoms with Crippen molar-refractivity contribution in [3.63, 3.8) is 0 Å². The summed E-state index contributed by atoms with van der Waals surface area (Å²) < 4.78 is 0. The number of amidine groups is 1. The fourth-order valence-corrected chi connectivity index (χ4v) is 4.16. The molecule has 5 nitrogen and oxygen atoms in total. The first kappa shape index (κ1) is 16.1. The number of aliphatic carboxylic acids is 1. The van der Waals surface area contributed by atoms with Gasteiger partial charge in [0, 0.05) is 0 Å². The van der Waals surface area contributed by atoms with Crippen molar-refractivity contribution in [1.82, 2.24) is 0 Å². The normalized spacial score (nSPS) is 23.9. The number of anilines is 1. The Labute approximate surface area is 139 Å². The summed E-state index contributed by atoms with van der Waals surface area (Å²) in [5.74, 6) is -1.14. The first-order chi connectivity index (χ1) is 11.0. The highest BCUT2D eigenvalue weighted by molar-refractivity contribution is 8.16. The minimum atomic E-state index is -0.957. The second-order valence-corrected chi connectivity index (χ2v) is 7.23. The number of carbonyl (C=O) groups excluding carboxylic acids is 1. The Morgan fingerprint density at radius 2 is 1.96 bits per heavy atom. The third-order valence-corrected chi connectivity index (χ3v) is 5.36. The van der Waals surface area contributed by atoms with Crippen LogP contribution in [-0.2, 0) is 9.59 Å². The molecule has 2 aliphatic rings. The van der Waals surface area contributed by atoms with Crippen LogP contribution in [0, 0.1) is 6.92 Å². The number of amides is 1. The number of thioether (sulfide) groups is 1. The fraction of sp³-hybridized carbons (Fsp3) is 0.471. The van der Waals surface area contributed by atoms with Gasteiger partial charge in [-0.25, -0.2) is 0 Å². The van der Waals surface area contributed by atoms with E-state index < -0.39 is 11.2 Å². The van der Waals surface area contributed by atoms with Gasteiger partial charge in [-0.05, 0) is 31.9 Å². The molecule has 1 aromatic carbocycles. The van der Waals surface area contributed by atoms with Crippen molar-refractivity contribution in [2.45, 2.75) is 50.3 Å². The lowest BCUT2D eigenvalue weighted by molar-refractivity contribution is -0.138. The predicted octanol–water partition coefficient (Wildman–Crippen LogP) is 3.22. The number of rotatable bonds is 4. The topological polar surface area (TPSA) is 70.0 Å². The molecular formula is C17H20N2O3S. The SMILES string of the molecule is Cc1ccc(N2C(=O)C(CC(=O)O)SC2=NC2CCCC2)cc1. The van der Waals surface area contributed by atoms with Crippen LogP contribution in [-0.4, -0.2) is 33.4 Å². The second kappa shape index (κ2) is 6.74. The molecule has 1 amide bonds. The molecule has 1 aliphatic carbocycles. The maximum absolute atomic E-state index is 12.7. The summed E-state index contributed by atoms with van der Waals surface area (Å²) in [6, 6.07) is 7.93. The number of carboxylic acids is 1. The lowest BCUT2D eigenvalue weighted by atomic mass is 10.2. The molecule has 23 heavy (non-hydrogen) atoms. The Hall–Kier alpha value is -1.82. The number of aryl methyl sites for hydroxylation is 1. The Bertz CT molecular complexity index is 636. The van der Waals surface area contributed by atoms with E-state index in [1.807, 2.05) is 31.2 Å². The van der Waals surface area contributed by atoms with Gasteiger partial charge in [0.15, 0.2) is 5.17 Å². The summed E-state index contributed by atoms with van der Waals surface area (Å²) in [4.78, 5) is 30.0. The molecule has 1 atom stereocenters. The van der Waals surface area contributed by atoms with E-state index in [-0.39, 0.29) is 18.4 Å². The highest BCUT2D eigenvalue weighted by Crippen LogP contribution is 2.35. The lowest BCUT2D eigenvalue weighted by Gasteiger charge is -2.17. The monoisotopic (exact) mass is 332 g/mol. The van der Waals surface area contributed by atoms with Crippen LogP contribution in [0.1, 0.15) is 37.7 Å². The number of benzene rings is 1. The summed E-state index contributed by atoms with van der Waals surface area (Å²) >= 11 is 1.29. The highest BCUT2D eigenvalue weighted by atomic mass is 32.2. The molecule has 0 bridgehead atoms. The van der Waals surface area contributed by atoms with Crippen LogP contribution in [0.2, 0.25) is 0 Å². The maximum Gasteiger partial charge on any atom is 0.305 e. The van der Waals surface area contributed by atoms with Gasteiger partial charge < -0.3 is 5.11 Å². The number of hydrogen-bond donors (Lipinski definition) is 1. The van der Waals surface area contributed by atoms with E-state index in [1.165, 1.54) is 24.6 Å². The van der Waals surface area contributed by atoms with E-state index in [1.54, 1.807) is 4.90 Å². The molecule has 0 radical (unpaired) electrons. The van der Waals surface area contributed by atoms with Crippen molar-refractivity contribution in [2.24, 2.45) is 4.99 Å². The van der Waals surface area contributed by atoms with Crippen molar-refractivity contribution in [1.29, 1.82) is 0 Å². The molecule has 0 spiro atoms. The van der Waals surface area contributed by atoms with Crippen LogP contribution < -0.4 is 4.90 Å². The molecule has 6 heteroatoms. The molecule has 1 saturated heterocycles. The zero-order valence-electron chi connectivity index (χ0n) is 13.1. The molecule has 122 valence electrons. The van der Waals surface area contributed by atoms with Crippen LogP contribution in [0.3, 0.4) is 0 Å². The van der Waals surface area contributed by atoms with Crippen LogP contribution in [0.4, 0.5) is 5.69 Å². The summed E-state index contributed by atoms with van der Waals surface area (Å²) in [6.07, 6.45) is 4.26. The number of carboxylic acid groups (broad SMARTS) is 1. The molecule has 1 aliphatic heterocycles. The zero-order valence-corrected chi connectivity index (χ0v) is 13.9. The second-order valence-electron chi connectivity index (χ2n) is 6.06. The van der Waals surface area contributed by atoms with Gasteiger partial charge in [0.25, 0.3) is 0 Å². The number of aliphatic imine (C=N–C) groups is 1. The molecule has 1 N–H and O–H groups in total. The zero-order chi connectivity index (χ0) is 16.4. The minimum absolute atomic E-state index is 0.171. The molecule has 3 rings (SSSR count). The van der Waals surface area contributed by atoms with Gasteiger partial charge in [-0.2, -0.15) is 0 Å². The molecule has 0 aromatic heterocycles. The number of carbonyl (C=O) groups is 2. The predicted molar refractivity (Wildman–Crippen MR) is 92.0 cm³/mol. The Balaban J connectivity index is 1.91. The van der Waals surface area contributed by atoms with Gasteiger partial charge in [0.2, 0.25) is 5.91 Å². The van der Waals surface area contributed by atoms with Gasteiger partial charge >= 0.3 is 5.97 Å². The van der Waals surface area contributed by atoms with Gasteiger partial charge in [-0.1, -0.05) is 42.3 Å². The van der Waals surface area contributed by atoms with Gasteiger partial charge in [0.05, 0.1) is 18.2 Å². The highest BCUT2D eigenvalue weighted by Gasteiger charge is 2.40. The molecule has 1 aromatic rings. The summed E-state index contributed by atoms with van der Waals surface area (Å²) in [5.41, 5.74) is 1.88. The number of hydrogen-bond acceptors (Lipinski definition) is 4. The fourth-order valence-electron chi connectivity index (χ4n) is 2.97. The average molecular weight is 332 g/mol. The van der Waals surface area contributed by atoms with Crippen molar-refractivity contribution >= 4 is 34.5 Å². The molecule has 1 unspecified atom stereocenters. The third kappa shape index (κ3) is 3.58. The van der Waals surface area contributed by atoms with Crippen LogP contribution in [0.15, 0.2) is 29.3 Å². The maximum atomic E-state index is 12.7. The van der Waals surface area contributed by atoms with E-state index in [2.05, 4.69) is 0 Å². The molecule has 2 fully saturated rings. The van der Waals surface area contributed by atoms with Crippen molar-refractivity contribution in [2.75, 3.05) is 4.90 Å². The van der Waals surface area contributed by atoms with E-state index in [0.717, 1.165) is 24.1 Å². The summed E-state index contributed by atoms with van der Waals surface area (Å²) in [7, 11) is 0. The Morgan fingerprint density at radius 3 is 2.57 bits per heavy atom. The van der Waals surface area contributed by atoms with Gasteiger partial charge in [0.1, 0.15) is 5.25 Å². The smallest absolute Gasteiger partial charge is 0.305 e. The summed E-state index contributed by atoms with van der Waals surface area (Å²) in [5, 5.41) is 9.09. The molecule has 1 saturated carbocycles. The molecular weight excluding hydrogens is 312 g/mol. The first-order valence-electron chi connectivity index (χ1n) is 7.91. The Kier molecular flexibility index (Phi) is 4.71. The third-order valence-electron chi connectivity index (χ3n) is 4.20. The average Bonchev–Trinajstić information content (AvgIpc) is 3.10.